The predicted octanol–water partition coefficient (Wildman–Crippen LogP) is 2.87. The second kappa shape index (κ2) is 9.22. The van der Waals surface area contributed by atoms with Crippen LogP contribution in [0, 0.1) is 11.8 Å². The topological polar surface area (TPSA) is 32.7 Å². The number of hydrogen-bond acceptors (Lipinski definition) is 4. The summed E-state index contributed by atoms with van der Waals surface area (Å²) in [7, 11) is 0. The zero-order valence-electron chi connectivity index (χ0n) is 12.8. The van der Waals surface area contributed by atoms with E-state index in [1.54, 1.807) is 11.3 Å². The van der Waals surface area contributed by atoms with Crippen LogP contribution < -0.4 is 0 Å². The third-order valence-electron chi connectivity index (χ3n) is 3.59. The third kappa shape index (κ3) is 5.44. The van der Waals surface area contributed by atoms with Gasteiger partial charge < -0.3 is 9.84 Å². The monoisotopic (exact) mass is 307 g/mol. The molecular formula is C17H25NO2S. The largest absolute Gasteiger partial charge is 0.395 e. The molecule has 0 saturated carbocycles. The van der Waals surface area contributed by atoms with E-state index in [9.17, 15) is 0 Å². The van der Waals surface area contributed by atoms with E-state index in [1.807, 2.05) is 0 Å². The van der Waals surface area contributed by atoms with Gasteiger partial charge in [-0.25, -0.2) is 0 Å². The fourth-order valence-electron chi connectivity index (χ4n) is 2.57. The van der Waals surface area contributed by atoms with E-state index in [2.05, 4.69) is 35.1 Å². The van der Waals surface area contributed by atoms with Gasteiger partial charge in [-0.3, -0.25) is 4.90 Å². The lowest BCUT2D eigenvalue weighted by Gasteiger charge is -2.32. The average Bonchev–Trinajstić information content (AvgIpc) is 2.93. The summed E-state index contributed by atoms with van der Waals surface area (Å²) in [6, 6.07) is 2.08. The Balaban J connectivity index is 1.89. The van der Waals surface area contributed by atoms with E-state index in [1.165, 1.54) is 17.7 Å². The number of rotatable bonds is 6. The van der Waals surface area contributed by atoms with Crippen LogP contribution in [0.25, 0.3) is 0 Å². The number of aliphatic hydroxyl groups excluding tert-OH is 1. The van der Waals surface area contributed by atoms with Crippen LogP contribution in [0.2, 0.25) is 0 Å². The maximum atomic E-state index is 8.80. The van der Waals surface area contributed by atoms with Crippen molar-refractivity contribution in [3.63, 3.8) is 0 Å². The number of hydrogen-bond donors (Lipinski definition) is 1. The highest BCUT2D eigenvalue weighted by molar-refractivity contribution is 7.10. The van der Waals surface area contributed by atoms with E-state index in [4.69, 9.17) is 9.84 Å². The molecule has 1 fully saturated rings. The maximum absolute atomic E-state index is 8.80. The maximum Gasteiger partial charge on any atom is 0.0702 e. The standard InChI is InChI=1S/C17H25NO2S/c1-2-11-20-16-7-5-9-18(13-16)14-17-15(8-12-21-17)6-3-4-10-19/h8,12,16,19H,2,4-5,7,9-11,13-14H2,1H3. The van der Waals surface area contributed by atoms with Crippen LogP contribution in [0.5, 0.6) is 0 Å². The molecule has 116 valence electrons. The molecule has 1 saturated heterocycles. The zero-order chi connectivity index (χ0) is 14.9. The minimum absolute atomic E-state index is 0.134. The molecular weight excluding hydrogens is 282 g/mol. The van der Waals surface area contributed by atoms with Crippen molar-refractivity contribution < 1.29 is 9.84 Å². The van der Waals surface area contributed by atoms with Gasteiger partial charge in [0.1, 0.15) is 0 Å². The Labute approximate surface area is 131 Å². The number of ether oxygens (including phenoxy) is 1. The quantitative estimate of drug-likeness (QED) is 0.820. The normalized spacial score (nSPS) is 19.2. The fraction of sp³-hybridized carbons (Fsp3) is 0.647. The molecule has 0 amide bonds. The summed E-state index contributed by atoms with van der Waals surface area (Å²) in [6.45, 7) is 6.30. The Morgan fingerprint density at radius 3 is 3.24 bits per heavy atom. The lowest BCUT2D eigenvalue weighted by Crippen LogP contribution is -2.39. The van der Waals surface area contributed by atoms with E-state index in [-0.39, 0.29) is 6.61 Å². The summed E-state index contributed by atoms with van der Waals surface area (Å²) in [5.74, 6) is 6.19. The number of aliphatic hydroxyl groups is 1. The first-order valence-corrected chi connectivity index (χ1v) is 8.71. The molecule has 0 bridgehead atoms. The molecule has 0 aliphatic carbocycles. The summed E-state index contributed by atoms with van der Waals surface area (Å²) in [5.41, 5.74) is 1.12. The first kappa shape index (κ1) is 16.5. The van der Waals surface area contributed by atoms with Gasteiger partial charge >= 0.3 is 0 Å². The summed E-state index contributed by atoms with van der Waals surface area (Å²) >= 11 is 1.77. The van der Waals surface area contributed by atoms with Crippen LogP contribution in [0.15, 0.2) is 11.4 Å². The van der Waals surface area contributed by atoms with Crippen molar-refractivity contribution in [1.29, 1.82) is 0 Å². The number of likely N-dealkylation sites (tertiary alicyclic amines) is 1. The Morgan fingerprint density at radius 2 is 2.43 bits per heavy atom. The van der Waals surface area contributed by atoms with Gasteiger partial charge in [0.25, 0.3) is 0 Å². The van der Waals surface area contributed by atoms with E-state index >= 15 is 0 Å². The van der Waals surface area contributed by atoms with Gasteiger partial charge in [-0.05, 0) is 37.3 Å². The molecule has 1 aromatic heterocycles. The lowest BCUT2D eigenvalue weighted by atomic mass is 10.1. The minimum Gasteiger partial charge on any atom is -0.395 e. The van der Waals surface area contributed by atoms with Gasteiger partial charge in [0, 0.05) is 36.6 Å². The molecule has 0 spiro atoms. The lowest BCUT2D eigenvalue weighted by molar-refractivity contribution is -0.00199. The van der Waals surface area contributed by atoms with E-state index < -0.39 is 0 Å². The predicted molar refractivity (Wildman–Crippen MR) is 87.4 cm³/mol. The highest BCUT2D eigenvalue weighted by Crippen LogP contribution is 2.21. The van der Waals surface area contributed by atoms with Crippen molar-refractivity contribution in [3.05, 3.63) is 21.9 Å². The molecule has 0 aromatic carbocycles. The molecule has 4 heteroatoms. The van der Waals surface area contributed by atoms with Gasteiger partial charge in [0.05, 0.1) is 12.7 Å². The number of thiophene rings is 1. The van der Waals surface area contributed by atoms with Crippen molar-refractivity contribution in [2.75, 3.05) is 26.3 Å². The zero-order valence-corrected chi connectivity index (χ0v) is 13.6. The summed E-state index contributed by atoms with van der Waals surface area (Å²) < 4.78 is 5.90. The molecule has 1 unspecified atom stereocenters. The van der Waals surface area contributed by atoms with Crippen LogP contribution in [0.3, 0.4) is 0 Å². The van der Waals surface area contributed by atoms with E-state index in [0.717, 1.165) is 38.2 Å². The van der Waals surface area contributed by atoms with E-state index in [0.29, 0.717) is 12.5 Å². The van der Waals surface area contributed by atoms with Crippen molar-refractivity contribution in [3.8, 4) is 11.8 Å². The second-order valence-electron chi connectivity index (χ2n) is 5.40. The van der Waals surface area contributed by atoms with Crippen LogP contribution in [0.1, 0.15) is 43.0 Å². The second-order valence-corrected chi connectivity index (χ2v) is 6.40. The molecule has 1 aliphatic heterocycles. The highest BCUT2D eigenvalue weighted by Gasteiger charge is 2.21. The van der Waals surface area contributed by atoms with Crippen molar-refractivity contribution in [1.82, 2.24) is 4.90 Å². The molecule has 1 aromatic rings. The molecule has 1 N–H and O–H groups in total. The van der Waals surface area contributed by atoms with Crippen molar-refractivity contribution >= 4 is 11.3 Å². The van der Waals surface area contributed by atoms with Crippen molar-refractivity contribution in [2.45, 2.75) is 45.3 Å². The Morgan fingerprint density at radius 1 is 1.52 bits per heavy atom. The molecule has 21 heavy (non-hydrogen) atoms. The molecule has 2 rings (SSSR count). The van der Waals surface area contributed by atoms with Crippen LogP contribution >= 0.6 is 11.3 Å². The first-order chi connectivity index (χ1) is 10.3. The molecule has 1 aliphatic rings. The van der Waals surface area contributed by atoms with Gasteiger partial charge in [-0.1, -0.05) is 18.8 Å². The molecule has 3 nitrogen and oxygen atoms in total. The third-order valence-corrected chi connectivity index (χ3v) is 4.50. The van der Waals surface area contributed by atoms with Gasteiger partial charge in [-0.2, -0.15) is 0 Å². The molecule has 2 heterocycles. The number of nitrogens with zero attached hydrogens (tertiary/aromatic N) is 1. The van der Waals surface area contributed by atoms with Crippen LogP contribution in [-0.2, 0) is 11.3 Å². The van der Waals surface area contributed by atoms with Gasteiger partial charge in [0.15, 0.2) is 0 Å². The molecule has 1 atom stereocenters. The van der Waals surface area contributed by atoms with Crippen molar-refractivity contribution in [2.24, 2.45) is 0 Å². The van der Waals surface area contributed by atoms with Gasteiger partial charge in [0.2, 0.25) is 0 Å². The Hall–Kier alpha value is -0.860. The molecule has 0 radical (unpaired) electrons. The first-order valence-electron chi connectivity index (χ1n) is 7.83. The van der Waals surface area contributed by atoms with Crippen LogP contribution in [0.4, 0.5) is 0 Å². The smallest absolute Gasteiger partial charge is 0.0702 e. The minimum atomic E-state index is 0.134. The number of piperidine rings is 1. The average molecular weight is 307 g/mol. The highest BCUT2D eigenvalue weighted by atomic mass is 32.1. The Kier molecular flexibility index (Phi) is 7.25. The van der Waals surface area contributed by atoms with Gasteiger partial charge in [-0.15, -0.1) is 11.3 Å². The fourth-order valence-corrected chi connectivity index (χ4v) is 3.44. The summed E-state index contributed by atoms with van der Waals surface area (Å²) in [5, 5.41) is 10.9. The van der Waals surface area contributed by atoms with Crippen LogP contribution in [-0.4, -0.2) is 42.4 Å². The summed E-state index contributed by atoms with van der Waals surface area (Å²) in [6.07, 6.45) is 4.43. The summed E-state index contributed by atoms with van der Waals surface area (Å²) in [4.78, 5) is 3.81. The SMILES string of the molecule is CCCOC1CCCN(Cc2sccc2C#CCCO)C1. The Bertz CT molecular complexity index is 475.